The summed E-state index contributed by atoms with van der Waals surface area (Å²) in [7, 11) is -3.21. The van der Waals surface area contributed by atoms with Gasteiger partial charge in [0.25, 0.3) is 0 Å². The zero-order chi connectivity index (χ0) is 21.7. The minimum atomic E-state index is -3.21. The highest BCUT2D eigenvalue weighted by Crippen LogP contribution is 2.30. The Hall–Kier alpha value is -2.75. The van der Waals surface area contributed by atoms with Crippen LogP contribution in [0.4, 0.5) is 4.32 Å². The highest BCUT2D eigenvalue weighted by atomic mass is 19.1. The molecule has 0 aromatic heterocycles. The van der Waals surface area contributed by atoms with E-state index in [4.69, 9.17) is 18.7 Å². The largest absolute Gasteiger partial charge is 0.566 e. The van der Waals surface area contributed by atoms with Gasteiger partial charge in [0.1, 0.15) is 6.61 Å². The molecule has 2 aromatic rings. The molecule has 3 heterocycles. The summed E-state index contributed by atoms with van der Waals surface area (Å²) in [6, 6.07) is 18.7. The maximum absolute atomic E-state index is 13.9. The third kappa shape index (κ3) is 5.49. The minimum Gasteiger partial charge on any atom is -0.513 e. The molecule has 0 unspecified atom stereocenters. The Morgan fingerprint density at radius 1 is 0.968 bits per heavy atom. The molecular formula is C22H24BFNO6-. The fourth-order valence-electron chi connectivity index (χ4n) is 3.67. The number of fused-ring (bicyclic) bond motifs is 3. The van der Waals surface area contributed by atoms with Gasteiger partial charge < -0.3 is 28.3 Å². The van der Waals surface area contributed by atoms with Crippen LogP contribution in [0.25, 0.3) is 0 Å². The quantitative estimate of drug-likeness (QED) is 0.514. The number of halogens is 1. The second-order valence-corrected chi connectivity index (χ2v) is 8.00. The molecule has 3 aliphatic rings. The first-order chi connectivity index (χ1) is 15.0. The molecule has 0 spiro atoms. The Kier molecular flexibility index (Phi) is 6.36. The van der Waals surface area contributed by atoms with Gasteiger partial charge in [-0.15, -0.1) is 0 Å². The molecule has 0 saturated carbocycles. The lowest BCUT2D eigenvalue weighted by molar-refractivity contribution is -0.153. The average Bonchev–Trinajstić information content (AvgIpc) is 2.80. The van der Waals surface area contributed by atoms with Crippen LogP contribution in [0.5, 0.6) is 0 Å². The van der Waals surface area contributed by atoms with Gasteiger partial charge in [-0.2, -0.15) is 0 Å². The number of hydrogen-bond donors (Lipinski definition) is 1. The number of ether oxygens (including phenoxy) is 1. The van der Waals surface area contributed by atoms with Crippen LogP contribution in [-0.2, 0) is 41.3 Å². The Morgan fingerprint density at radius 3 is 2.10 bits per heavy atom. The van der Waals surface area contributed by atoms with E-state index in [2.05, 4.69) is 5.32 Å². The van der Waals surface area contributed by atoms with E-state index in [0.29, 0.717) is 6.42 Å². The van der Waals surface area contributed by atoms with Crippen molar-refractivity contribution in [2.45, 2.75) is 25.0 Å². The molecule has 31 heavy (non-hydrogen) atoms. The number of hydrogen-bond acceptors (Lipinski definition) is 6. The van der Waals surface area contributed by atoms with E-state index in [0.717, 1.165) is 11.1 Å². The number of carbonyl (C=O) groups is 2. The van der Waals surface area contributed by atoms with Crippen LogP contribution < -0.4 is 5.32 Å². The Labute approximate surface area is 179 Å². The van der Waals surface area contributed by atoms with Crippen molar-refractivity contribution in [3.8, 4) is 0 Å². The second kappa shape index (κ2) is 9.17. The molecule has 3 fully saturated rings. The molecule has 1 N–H and O–H groups in total. The van der Waals surface area contributed by atoms with Crippen molar-refractivity contribution < 1.29 is 32.6 Å². The Balaban J connectivity index is 1.41. The molecule has 0 radical (unpaired) electrons. The summed E-state index contributed by atoms with van der Waals surface area (Å²) in [5.74, 6) is -1.51. The molecule has 3 aliphatic heterocycles. The zero-order valence-corrected chi connectivity index (χ0v) is 17.0. The molecular weight excluding hydrogens is 404 g/mol. The summed E-state index contributed by atoms with van der Waals surface area (Å²) in [6.07, 6.45) is 0.256. The van der Waals surface area contributed by atoms with Gasteiger partial charge in [0, 0.05) is 19.8 Å². The second-order valence-electron chi connectivity index (χ2n) is 8.00. The van der Waals surface area contributed by atoms with Crippen molar-refractivity contribution in [2.75, 3.05) is 19.8 Å². The van der Waals surface area contributed by atoms with E-state index in [1.165, 1.54) is 0 Å². The summed E-state index contributed by atoms with van der Waals surface area (Å²) < 4.78 is 34.2. The van der Waals surface area contributed by atoms with Gasteiger partial charge in [-0.1, -0.05) is 60.7 Å². The van der Waals surface area contributed by atoms with Crippen LogP contribution in [0.1, 0.15) is 17.5 Å². The average molecular weight is 428 g/mol. The van der Waals surface area contributed by atoms with E-state index in [1.807, 2.05) is 60.7 Å². The minimum absolute atomic E-state index is 0.0499. The van der Waals surface area contributed by atoms with Gasteiger partial charge in [-0.25, -0.2) is 0 Å². The Bertz CT molecular complexity index is 888. The normalized spacial score (nSPS) is 25.6. The SMILES string of the molecule is O=C(C[C@@H](Cc1ccccc1)C(=O)NC12CO[B-](F)(OC1)OC2)OCc1ccccc1. The van der Waals surface area contributed by atoms with E-state index < -0.39 is 24.5 Å². The molecule has 9 heteroatoms. The molecule has 0 aliphatic carbocycles. The number of carbonyl (C=O) groups excluding carboxylic acids is 2. The summed E-state index contributed by atoms with van der Waals surface area (Å²) in [4.78, 5) is 25.6. The summed E-state index contributed by atoms with van der Waals surface area (Å²) in [5, 5.41) is 2.86. The fourth-order valence-corrected chi connectivity index (χ4v) is 3.67. The molecule has 1 amide bonds. The monoisotopic (exact) mass is 428 g/mol. The van der Waals surface area contributed by atoms with Crippen LogP contribution in [0.2, 0.25) is 0 Å². The number of esters is 1. The van der Waals surface area contributed by atoms with Gasteiger partial charge in [0.2, 0.25) is 5.91 Å². The van der Waals surface area contributed by atoms with Gasteiger partial charge in [-0.3, -0.25) is 9.59 Å². The van der Waals surface area contributed by atoms with Gasteiger partial charge in [-0.05, 0) is 17.5 Å². The van der Waals surface area contributed by atoms with Gasteiger partial charge in [0.05, 0.1) is 17.9 Å². The molecule has 1 atom stereocenters. The lowest BCUT2D eigenvalue weighted by atomic mass is 9.89. The van der Waals surface area contributed by atoms with Crippen LogP contribution in [0.3, 0.4) is 0 Å². The molecule has 5 rings (SSSR count). The lowest BCUT2D eigenvalue weighted by Crippen LogP contribution is -2.72. The first-order valence-electron chi connectivity index (χ1n) is 10.2. The highest BCUT2D eigenvalue weighted by molar-refractivity contribution is 6.53. The third-order valence-corrected chi connectivity index (χ3v) is 5.42. The van der Waals surface area contributed by atoms with Crippen molar-refractivity contribution in [3.63, 3.8) is 0 Å². The first-order valence-corrected chi connectivity index (χ1v) is 10.2. The Morgan fingerprint density at radius 2 is 1.52 bits per heavy atom. The standard InChI is InChI=1S/C22H24BFNO6/c24-23-29-14-22(15-30-23,16-31-23)25-21(27)19(11-17-7-3-1-4-8-17)12-20(26)28-13-18-9-5-2-6-10-18/h1-10,19H,11-16H2,(H,25,27)/q-1/t19-,22?,23?/m1/s1. The maximum atomic E-state index is 13.9. The van der Waals surface area contributed by atoms with E-state index in [1.54, 1.807) is 0 Å². The predicted molar refractivity (Wildman–Crippen MR) is 110 cm³/mol. The number of nitrogens with one attached hydrogen (secondary N) is 1. The topological polar surface area (TPSA) is 83.1 Å². The van der Waals surface area contributed by atoms with Gasteiger partial charge >= 0.3 is 13.0 Å². The van der Waals surface area contributed by atoms with Crippen molar-refractivity contribution >= 4 is 18.9 Å². The molecule has 3 saturated heterocycles. The smallest absolute Gasteiger partial charge is 0.513 e. The molecule has 2 bridgehead atoms. The van der Waals surface area contributed by atoms with E-state index >= 15 is 0 Å². The number of amides is 1. The van der Waals surface area contributed by atoms with E-state index in [9.17, 15) is 13.9 Å². The van der Waals surface area contributed by atoms with Crippen molar-refractivity contribution in [2.24, 2.45) is 5.92 Å². The first kappa shape index (κ1) is 21.5. The molecule has 7 nitrogen and oxygen atoms in total. The van der Waals surface area contributed by atoms with Crippen molar-refractivity contribution in [1.82, 2.24) is 5.32 Å². The van der Waals surface area contributed by atoms with Crippen LogP contribution in [-0.4, -0.2) is 44.3 Å². The molecule has 2 aromatic carbocycles. The van der Waals surface area contributed by atoms with Crippen LogP contribution in [0, 0.1) is 5.92 Å². The maximum Gasteiger partial charge on any atom is 0.566 e. The number of rotatable bonds is 8. The van der Waals surface area contributed by atoms with Crippen molar-refractivity contribution in [1.29, 1.82) is 0 Å². The van der Waals surface area contributed by atoms with E-state index in [-0.39, 0.29) is 38.8 Å². The molecule has 164 valence electrons. The van der Waals surface area contributed by atoms with Crippen LogP contribution >= 0.6 is 0 Å². The highest BCUT2D eigenvalue weighted by Gasteiger charge is 2.50. The van der Waals surface area contributed by atoms with Crippen LogP contribution in [0.15, 0.2) is 60.7 Å². The lowest BCUT2D eigenvalue weighted by Gasteiger charge is -2.54. The van der Waals surface area contributed by atoms with Gasteiger partial charge in [0.15, 0.2) is 0 Å². The summed E-state index contributed by atoms with van der Waals surface area (Å²) in [6.45, 7) is -0.0112. The third-order valence-electron chi connectivity index (χ3n) is 5.42. The summed E-state index contributed by atoms with van der Waals surface area (Å²) >= 11 is 0. The van der Waals surface area contributed by atoms with Crippen molar-refractivity contribution in [3.05, 3.63) is 71.8 Å². The zero-order valence-electron chi connectivity index (χ0n) is 17.0. The fraction of sp³-hybridized carbons (Fsp3) is 0.364. The predicted octanol–water partition coefficient (Wildman–Crippen LogP) is 2.32. The number of benzene rings is 2. The summed E-state index contributed by atoms with van der Waals surface area (Å²) in [5.41, 5.74) is 0.805.